The van der Waals surface area contributed by atoms with E-state index in [1.807, 2.05) is 25.1 Å². The summed E-state index contributed by atoms with van der Waals surface area (Å²) in [4.78, 5) is 13.1. The van der Waals surface area contributed by atoms with Gasteiger partial charge in [0, 0.05) is 15.8 Å². The first kappa shape index (κ1) is 17.4. The summed E-state index contributed by atoms with van der Waals surface area (Å²) in [6, 6.07) is 6.04. The highest BCUT2D eigenvalue weighted by molar-refractivity contribution is 9.10. The third kappa shape index (κ3) is 5.37. The van der Waals surface area contributed by atoms with Crippen molar-refractivity contribution in [1.82, 2.24) is 10.2 Å². The van der Waals surface area contributed by atoms with Crippen molar-refractivity contribution < 1.29 is 4.79 Å². The van der Waals surface area contributed by atoms with Crippen molar-refractivity contribution >= 4 is 50.1 Å². The van der Waals surface area contributed by atoms with Gasteiger partial charge in [0.15, 0.2) is 0 Å². The molecule has 1 heterocycles. The summed E-state index contributed by atoms with van der Waals surface area (Å²) in [5, 5.41) is 12.5. The number of anilines is 1. The second kappa shape index (κ2) is 8.08. The Bertz CT molecular complexity index is 658. The lowest BCUT2D eigenvalue weighted by molar-refractivity contribution is -0.113. The number of aromatic nitrogens is 2. The Morgan fingerprint density at radius 3 is 2.86 bits per heavy atom. The lowest BCUT2D eigenvalue weighted by Crippen LogP contribution is -2.13. The lowest BCUT2D eigenvalue weighted by atomic mass is 10.1. The van der Waals surface area contributed by atoms with Gasteiger partial charge in [-0.05, 0) is 36.6 Å². The smallest absolute Gasteiger partial charge is 0.236 e. The number of hydrogen-bond acceptors (Lipinski definition) is 5. The summed E-state index contributed by atoms with van der Waals surface area (Å²) in [7, 11) is 0. The van der Waals surface area contributed by atoms with E-state index < -0.39 is 0 Å². The summed E-state index contributed by atoms with van der Waals surface area (Å²) in [6.45, 7) is 6.31. The minimum absolute atomic E-state index is 0.0560. The molecule has 4 nitrogen and oxygen atoms in total. The Hall–Kier alpha value is -0.920. The number of halogens is 1. The number of thioether (sulfide) groups is 1. The molecule has 0 fully saturated rings. The van der Waals surface area contributed by atoms with E-state index in [0.29, 0.717) is 16.8 Å². The average molecular weight is 400 g/mol. The van der Waals surface area contributed by atoms with E-state index in [0.717, 1.165) is 26.4 Å². The van der Waals surface area contributed by atoms with E-state index in [-0.39, 0.29) is 5.91 Å². The molecule has 2 rings (SSSR count). The van der Waals surface area contributed by atoms with E-state index >= 15 is 0 Å². The van der Waals surface area contributed by atoms with Crippen LogP contribution in [0.25, 0.3) is 0 Å². The molecular weight excluding hydrogens is 382 g/mol. The van der Waals surface area contributed by atoms with Crippen LogP contribution in [0, 0.1) is 12.8 Å². The average Bonchev–Trinajstić information content (AvgIpc) is 2.84. The molecule has 2 aromatic rings. The lowest BCUT2D eigenvalue weighted by Gasteiger charge is -2.05. The van der Waals surface area contributed by atoms with Gasteiger partial charge in [0.05, 0.1) is 5.75 Å². The van der Waals surface area contributed by atoms with Crippen molar-refractivity contribution in [3.8, 4) is 0 Å². The molecule has 1 N–H and O–H groups in total. The highest BCUT2D eigenvalue weighted by Crippen LogP contribution is 2.25. The number of benzene rings is 1. The van der Waals surface area contributed by atoms with Gasteiger partial charge in [-0.3, -0.25) is 10.1 Å². The largest absolute Gasteiger partial charge is 0.300 e. The van der Waals surface area contributed by atoms with Crippen LogP contribution in [0.3, 0.4) is 0 Å². The number of carbonyl (C=O) groups excluding carboxylic acids is 1. The third-order valence-electron chi connectivity index (χ3n) is 2.79. The summed E-state index contributed by atoms with van der Waals surface area (Å²) < 4.78 is 1.05. The molecular formula is C15H18BrN3OS2. The van der Waals surface area contributed by atoms with Crippen LogP contribution in [0.5, 0.6) is 0 Å². The minimum Gasteiger partial charge on any atom is -0.300 e. The van der Waals surface area contributed by atoms with Crippen LogP contribution in [0.2, 0.25) is 0 Å². The molecule has 0 aliphatic rings. The topological polar surface area (TPSA) is 54.9 Å². The molecule has 0 bridgehead atoms. The Morgan fingerprint density at radius 2 is 2.18 bits per heavy atom. The van der Waals surface area contributed by atoms with Gasteiger partial charge in [-0.15, -0.1) is 22.0 Å². The molecule has 1 aromatic heterocycles. The predicted molar refractivity (Wildman–Crippen MR) is 96.7 cm³/mol. The molecule has 1 amide bonds. The first-order chi connectivity index (χ1) is 10.4. The zero-order valence-corrected chi connectivity index (χ0v) is 15.9. The SMILES string of the molecule is Cc1cc(Br)ccc1SCC(=O)Nc1nnc(CC(C)C)s1. The zero-order chi connectivity index (χ0) is 16.1. The second-order valence-electron chi connectivity index (χ2n) is 5.35. The van der Waals surface area contributed by atoms with Crippen LogP contribution in [0.4, 0.5) is 5.13 Å². The fraction of sp³-hybridized carbons (Fsp3) is 0.400. The van der Waals surface area contributed by atoms with Crippen molar-refractivity contribution in [3.63, 3.8) is 0 Å². The van der Waals surface area contributed by atoms with Crippen molar-refractivity contribution in [3.05, 3.63) is 33.2 Å². The number of rotatable bonds is 6. The van der Waals surface area contributed by atoms with E-state index in [4.69, 9.17) is 0 Å². The highest BCUT2D eigenvalue weighted by Gasteiger charge is 2.10. The summed E-state index contributed by atoms with van der Waals surface area (Å²) in [5.41, 5.74) is 1.15. The fourth-order valence-corrected chi connectivity index (χ4v) is 4.06. The standard InChI is InChI=1S/C15H18BrN3OS2/c1-9(2)6-14-18-19-15(22-14)17-13(20)8-21-12-5-4-11(16)7-10(12)3/h4-5,7,9H,6,8H2,1-3H3,(H,17,19,20). The normalized spacial score (nSPS) is 11.0. The monoisotopic (exact) mass is 399 g/mol. The predicted octanol–water partition coefficient (Wildman–Crippen LogP) is 4.54. The van der Waals surface area contributed by atoms with Crippen LogP contribution >= 0.6 is 39.0 Å². The Labute approximate surface area is 147 Å². The highest BCUT2D eigenvalue weighted by atomic mass is 79.9. The number of nitrogens with zero attached hydrogens (tertiary/aromatic N) is 2. The van der Waals surface area contributed by atoms with Crippen molar-refractivity contribution in [2.75, 3.05) is 11.1 Å². The molecule has 1 aromatic carbocycles. The van der Waals surface area contributed by atoms with Crippen LogP contribution in [0.15, 0.2) is 27.6 Å². The Kier molecular flexibility index (Phi) is 6.40. The first-order valence-electron chi connectivity index (χ1n) is 6.95. The molecule has 118 valence electrons. The van der Waals surface area contributed by atoms with Gasteiger partial charge in [0.2, 0.25) is 11.0 Å². The molecule has 0 spiro atoms. The van der Waals surface area contributed by atoms with Gasteiger partial charge < -0.3 is 0 Å². The van der Waals surface area contributed by atoms with Gasteiger partial charge in [-0.25, -0.2) is 0 Å². The van der Waals surface area contributed by atoms with E-state index in [9.17, 15) is 4.79 Å². The number of hydrogen-bond donors (Lipinski definition) is 1. The molecule has 0 saturated carbocycles. The number of nitrogens with one attached hydrogen (secondary N) is 1. The molecule has 0 radical (unpaired) electrons. The molecule has 0 aliphatic heterocycles. The first-order valence-corrected chi connectivity index (χ1v) is 9.54. The molecule has 0 unspecified atom stereocenters. The Morgan fingerprint density at radius 1 is 1.41 bits per heavy atom. The quantitative estimate of drug-likeness (QED) is 0.724. The molecule has 0 atom stereocenters. The maximum Gasteiger partial charge on any atom is 0.236 e. The van der Waals surface area contributed by atoms with Crippen LogP contribution in [0.1, 0.15) is 24.4 Å². The van der Waals surface area contributed by atoms with Crippen LogP contribution in [-0.2, 0) is 11.2 Å². The van der Waals surface area contributed by atoms with Crippen molar-refractivity contribution in [2.24, 2.45) is 5.92 Å². The zero-order valence-electron chi connectivity index (χ0n) is 12.7. The van der Waals surface area contributed by atoms with E-state index in [2.05, 4.69) is 45.3 Å². The van der Waals surface area contributed by atoms with E-state index in [1.54, 1.807) is 0 Å². The van der Waals surface area contributed by atoms with E-state index in [1.165, 1.54) is 23.1 Å². The summed E-state index contributed by atoms with van der Waals surface area (Å²) >= 11 is 6.41. The maximum atomic E-state index is 12.0. The summed E-state index contributed by atoms with van der Waals surface area (Å²) in [5.74, 6) is 0.841. The number of aryl methyl sites for hydroxylation is 1. The molecule has 0 aliphatic carbocycles. The third-order valence-corrected chi connectivity index (χ3v) is 5.32. The number of carbonyl (C=O) groups is 1. The number of amides is 1. The second-order valence-corrected chi connectivity index (χ2v) is 8.34. The summed E-state index contributed by atoms with van der Waals surface area (Å²) in [6.07, 6.45) is 0.889. The maximum absolute atomic E-state index is 12.0. The molecule has 7 heteroatoms. The molecule has 0 saturated heterocycles. The van der Waals surface area contributed by atoms with Gasteiger partial charge >= 0.3 is 0 Å². The van der Waals surface area contributed by atoms with Gasteiger partial charge in [0.1, 0.15) is 5.01 Å². The van der Waals surface area contributed by atoms with Gasteiger partial charge in [0.25, 0.3) is 0 Å². The van der Waals surface area contributed by atoms with Crippen molar-refractivity contribution in [2.45, 2.75) is 32.1 Å². The molecule has 22 heavy (non-hydrogen) atoms. The van der Waals surface area contributed by atoms with Gasteiger partial charge in [-0.1, -0.05) is 41.1 Å². The van der Waals surface area contributed by atoms with Crippen molar-refractivity contribution in [1.29, 1.82) is 0 Å². The fourth-order valence-electron chi connectivity index (χ4n) is 1.81. The van der Waals surface area contributed by atoms with Crippen LogP contribution < -0.4 is 5.32 Å². The Balaban J connectivity index is 1.86. The van der Waals surface area contributed by atoms with Gasteiger partial charge in [-0.2, -0.15) is 0 Å². The minimum atomic E-state index is -0.0560. The van der Waals surface area contributed by atoms with Crippen LogP contribution in [-0.4, -0.2) is 21.9 Å².